The van der Waals surface area contributed by atoms with Crippen LogP contribution in [-0.4, -0.2) is 35.5 Å². The fourth-order valence-corrected chi connectivity index (χ4v) is 3.81. The van der Waals surface area contributed by atoms with E-state index in [9.17, 15) is 13.2 Å². The van der Waals surface area contributed by atoms with Gasteiger partial charge < -0.3 is 10.5 Å². The molecule has 10 heteroatoms. The molecule has 0 bridgehead atoms. The second kappa shape index (κ2) is 7.97. The lowest BCUT2D eigenvalue weighted by molar-refractivity contribution is 0.0503. The first-order valence-electron chi connectivity index (χ1n) is 9.68. The predicted octanol–water partition coefficient (Wildman–Crippen LogP) is 2.76. The highest BCUT2D eigenvalue weighted by molar-refractivity contribution is 7.89. The summed E-state index contributed by atoms with van der Waals surface area (Å²) in [6.45, 7) is 2.27. The molecule has 0 spiro atoms. The first-order valence-corrected chi connectivity index (χ1v) is 11.2. The van der Waals surface area contributed by atoms with E-state index in [1.54, 1.807) is 28.8 Å². The van der Waals surface area contributed by atoms with Crippen molar-refractivity contribution >= 4 is 44.0 Å². The fraction of sp³-hybridized carbons (Fsp3) is 0.190. The Morgan fingerprint density at radius 2 is 1.71 bits per heavy atom. The Morgan fingerprint density at radius 3 is 2.32 bits per heavy atom. The number of anilines is 1. The number of aromatic nitrogens is 3. The largest absolute Gasteiger partial charge is 0.462 e. The number of hydrogen-bond donors (Lipinski definition) is 2. The van der Waals surface area contributed by atoms with Crippen LogP contribution in [0, 0.1) is 0 Å². The molecule has 31 heavy (non-hydrogen) atoms. The number of nitrogens with two attached hydrogens (primary N) is 2. The number of nitrogens with zero attached hydrogens (tertiary/aromatic N) is 3. The molecule has 160 valence electrons. The van der Waals surface area contributed by atoms with Crippen LogP contribution in [0.1, 0.15) is 30.1 Å². The number of para-hydroxylation sites is 2. The van der Waals surface area contributed by atoms with Gasteiger partial charge in [0.05, 0.1) is 22.5 Å². The predicted molar refractivity (Wildman–Crippen MR) is 117 cm³/mol. The van der Waals surface area contributed by atoms with Crippen LogP contribution in [0.25, 0.3) is 27.9 Å². The van der Waals surface area contributed by atoms with Gasteiger partial charge in [0.1, 0.15) is 16.9 Å². The van der Waals surface area contributed by atoms with Gasteiger partial charge in [-0.05, 0) is 42.8 Å². The van der Waals surface area contributed by atoms with Crippen LogP contribution < -0.4 is 10.9 Å². The van der Waals surface area contributed by atoms with Crippen LogP contribution in [0.2, 0.25) is 0 Å². The summed E-state index contributed by atoms with van der Waals surface area (Å²) in [6.07, 6.45) is 1.61. The average molecular weight is 439 g/mol. The average Bonchev–Trinajstić information content (AvgIpc) is 3.02. The van der Waals surface area contributed by atoms with Crippen LogP contribution >= 0.6 is 0 Å². The zero-order valence-electron chi connectivity index (χ0n) is 16.8. The van der Waals surface area contributed by atoms with E-state index in [1.165, 1.54) is 12.1 Å². The number of nitrogen functional groups attached to an aromatic ring is 1. The van der Waals surface area contributed by atoms with Gasteiger partial charge in [-0.2, -0.15) is 0 Å². The summed E-state index contributed by atoms with van der Waals surface area (Å²) in [5.41, 5.74) is 8.92. The Labute approximate surface area is 178 Å². The van der Waals surface area contributed by atoms with Crippen molar-refractivity contribution in [1.82, 2.24) is 14.5 Å². The number of hydrogen-bond acceptors (Lipinski definition) is 7. The van der Waals surface area contributed by atoms with E-state index < -0.39 is 16.0 Å². The van der Waals surface area contributed by atoms with Gasteiger partial charge in [-0.1, -0.05) is 25.5 Å². The van der Waals surface area contributed by atoms with Crippen molar-refractivity contribution in [2.75, 3.05) is 12.3 Å². The highest BCUT2D eigenvalue weighted by atomic mass is 32.2. The van der Waals surface area contributed by atoms with Crippen LogP contribution in [0.3, 0.4) is 0 Å². The molecule has 0 saturated heterocycles. The van der Waals surface area contributed by atoms with Gasteiger partial charge in [0.15, 0.2) is 5.65 Å². The number of benzene rings is 2. The molecule has 4 N–H and O–H groups in total. The molecule has 0 radical (unpaired) electrons. The molecule has 0 amide bonds. The standard InChI is InChI=1S/C21H21N5O4S/c1-2-3-12-30-21(27)17-18-20(25-16-7-5-4-6-15(16)24-18)26(19(17)22)13-8-10-14(11-9-13)31(23,28)29/h4-11H,2-3,12,22H2,1H3,(H2,23,28,29). The molecule has 0 unspecified atom stereocenters. The number of carbonyl (C=O) groups excluding carboxylic acids is 1. The summed E-state index contributed by atoms with van der Waals surface area (Å²) in [5.74, 6) is -0.476. The molecule has 2 aromatic carbocycles. The third-order valence-electron chi connectivity index (χ3n) is 4.86. The molecule has 2 heterocycles. The Bertz CT molecular complexity index is 1400. The van der Waals surface area contributed by atoms with Crippen molar-refractivity contribution in [2.45, 2.75) is 24.7 Å². The molecule has 0 saturated carbocycles. The Kier molecular flexibility index (Phi) is 5.34. The van der Waals surface area contributed by atoms with Gasteiger partial charge in [-0.25, -0.2) is 28.3 Å². The van der Waals surface area contributed by atoms with Gasteiger partial charge in [0, 0.05) is 5.69 Å². The third kappa shape index (κ3) is 3.82. The lowest BCUT2D eigenvalue weighted by Gasteiger charge is -2.09. The molecule has 0 atom stereocenters. The SMILES string of the molecule is CCCCOC(=O)c1c(N)n(-c2ccc(S(N)(=O)=O)cc2)c2nc3ccccc3nc12. The number of unbranched alkanes of at least 4 members (excludes halogenated alkanes) is 1. The molecular formula is C21H21N5O4S. The third-order valence-corrected chi connectivity index (χ3v) is 5.79. The quantitative estimate of drug-likeness (QED) is 0.347. The first-order chi connectivity index (χ1) is 14.8. The van der Waals surface area contributed by atoms with Crippen molar-refractivity contribution in [1.29, 1.82) is 0 Å². The minimum atomic E-state index is -3.85. The molecule has 9 nitrogen and oxygen atoms in total. The minimum Gasteiger partial charge on any atom is -0.462 e. The highest BCUT2D eigenvalue weighted by Crippen LogP contribution is 2.31. The van der Waals surface area contributed by atoms with E-state index in [1.807, 2.05) is 19.1 Å². The summed E-state index contributed by atoms with van der Waals surface area (Å²) in [6, 6.07) is 13.1. The lowest BCUT2D eigenvalue weighted by atomic mass is 10.2. The Morgan fingerprint density at radius 1 is 1.06 bits per heavy atom. The summed E-state index contributed by atoms with van der Waals surface area (Å²) in [5, 5.41) is 5.19. The topological polar surface area (TPSA) is 143 Å². The van der Waals surface area contributed by atoms with Gasteiger partial charge in [0.2, 0.25) is 10.0 Å². The smallest absolute Gasteiger partial charge is 0.344 e. The van der Waals surface area contributed by atoms with Crippen molar-refractivity contribution in [3.63, 3.8) is 0 Å². The summed E-state index contributed by atoms with van der Waals surface area (Å²) >= 11 is 0. The van der Waals surface area contributed by atoms with E-state index in [2.05, 4.69) is 9.97 Å². The van der Waals surface area contributed by atoms with Crippen molar-refractivity contribution in [3.05, 3.63) is 54.1 Å². The maximum atomic E-state index is 12.8. The minimum absolute atomic E-state index is 0.0398. The van der Waals surface area contributed by atoms with E-state index in [-0.39, 0.29) is 22.9 Å². The number of carbonyl (C=O) groups is 1. The van der Waals surface area contributed by atoms with E-state index >= 15 is 0 Å². The fourth-order valence-electron chi connectivity index (χ4n) is 3.29. The number of sulfonamides is 1. The van der Waals surface area contributed by atoms with Crippen LogP contribution in [0.4, 0.5) is 5.82 Å². The summed E-state index contributed by atoms with van der Waals surface area (Å²) in [7, 11) is -3.85. The zero-order valence-corrected chi connectivity index (χ0v) is 17.6. The van der Waals surface area contributed by atoms with Crippen LogP contribution in [-0.2, 0) is 14.8 Å². The van der Waals surface area contributed by atoms with Crippen LogP contribution in [0.5, 0.6) is 0 Å². The zero-order chi connectivity index (χ0) is 22.2. The summed E-state index contributed by atoms with van der Waals surface area (Å²) in [4.78, 5) is 22.1. The Balaban J connectivity index is 1.95. The molecule has 0 aliphatic carbocycles. The number of primary sulfonamides is 1. The number of fused-ring (bicyclic) bond motifs is 2. The monoisotopic (exact) mass is 439 g/mol. The Hall–Kier alpha value is -3.50. The maximum Gasteiger partial charge on any atom is 0.344 e. The number of esters is 1. The first kappa shape index (κ1) is 20.8. The molecule has 0 fully saturated rings. The van der Waals surface area contributed by atoms with Gasteiger partial charge >= 0.3 is 5.97 Å². The molecule has 0 aliphatic heterocycles. The van der Waals surface area contributed by atoms with Crippen molar-refractivity contribution in [3.8, 4) is 5.69 Å². The number of rotatable bonds is 6. The molecule has 2 aromatic heterocycles. The lowest BCUT2D eigenvalue weighted by Crippen LogP contribution is -2.12. The maximum absolute atomic E-state index is 12.8. The van der Waals surface area contributed by atoms with Crippen LogP contribution in [0.15, 0.2) is 53.4 Å². The number of ether oxygens (including phenoxy) is 1. The molecule has 0 aliphatic rings. The molecule has 4 rings (SSSR count). The van der Waals surface area contributed by atoms with Crippen molar-refractivity contribution in [2.24, 2.45) is 5.14 Å². The van der Waals surface area contributed by atoms with Crippen molar-refractivity contribution < 1.29 is 17.9 Å². The second-order valence-electron chi connectivity index (χ2n) is 7.01. The molecular weight excluding hydrogens is 418 g/mol. The van der Waals surface area contributed by atoms with Gasteiger partial charge in [-0.3, -0.25) is 4.57 Å². The van der Waals surface area contributed by atoms with Gasteiger partial charge in [-0.15, -0.1) is 0 Å². The molecule has 4 aromatic rings. The second-order valence-corrected chi connectivity index (χ2v) is 8.57. The van der Waals surface area contributed by atoms with E-state index in [0.717, 1.165) is 12.8 Å². The normalized spacial score (nSPS) is 11.8. The summed E-state index contributed by atoms with van der Waals surface area (Å²) < 4.78 is 30.1. The van der Waals surface area contributed by atoms with E-state index in [0.29, 0.717) is 27.9 Å². The highest BCUT2D eigenvalue weighted by Gasteiger charge is 2.26. The van der Waals surface area contributed by atoms with Gasteiger partial charge in [0.25, 0.3) is 0 Å². The van der Waals surface area contributed by atoms with E-state index in [4.69, 9.17) is 15.6 Å².